The van der Waals surface area contributed by atoms with Crippen molar-refractivity contribution in [3.63, 3.8) is 0 Å². The van der Waals surface area contributed by atoms with Crippen molar-refractivity contribution in [3.8, 4) is 0 Å². The van der Waals surface area contributed by atoms with E-state index in [4.69, 9.17) is 5.73 Å². The summed E-state index contributed by atoms with van der Waals surface area (Å²) in [6, 6.07) is 10.1. The standard InChI is InChI=1S/C16H18N2O/c17-15-8-9-18-10-14(15)16(19)13-7-3-5-11-4-1-2-6-12(11)13/h1-2,4,6,8-10,13,16,19H,3,5,7H2,(H2,17,18). The van der Waals surface area contributed by atoms with Gasteiger partial charge in [0.2, 0.25) is 0 Å². The van der Waals surface area contributed by atoms with E-state index < -0.39 is 6.10 Å². The lowest BCUT2D eigenvalue weighted by Crippen LogP contribution is -2.18. The van der Waals surface area contributed by atoms with Crippen LogP contribution in [0.15, 0.2) is 42.7 Å². The van der Waals surface area contributed by atoms with Crippen LogP contribution in [0.5, 0.6) is 0 Å². The molecule has 1 aromatic carbocycles. The van der Waals surface area contributed by atoms with Gasteiger partial charge in [-0.3, -0.25) is 4.98 Å². The summed E-state index contributed by atoms with van der Waals surface area (Å²) in [6.45, 7) is 0. The first kappa shape index (κ1) is 12.2. The highest BCUT2D eigenvalue weighted by Crippen LogP contribution is 2.41. The Morgan fingerprint density at radius 3 is 2.95 bits per heavy atom. The topological polar surface area (TPSA) is 59.1 Å². The number of fused-ring (bicyclic) bond motifs is 1. The van der Waals surface area contributed by atoms with E-state index in [1.807, 2.05) is 6.07 Å². The van der Waals surface area contributed by atoms with Crippen molar-refractivity contribution >= 4 is 5.69 Å². The summed E-state index contributed by atoms with van der Waals surface area (Å²) in [4.78, 5) is 4.08. The van der Waals surface area contributed by atoms with E-state index in [0.717, 1.165) is 24.8 Å². The largest absolute Gasteiger partial charge is 0.398 e. The highest BCUT2D eigenvalue weighted by atomic mass is 16.3. The smallest absolute Gasteiger partial charge is 0.0893 e. The van der Waals surface area contributed by atoms with Crippen LogP contribution < -0.4 is 5.73 Å². The molecule has 0 aliphatic heterocycles. The molecule has 2 aromatic rings. The van der Waals surface area contributed by atoms with E-state index >= 15 is 0 Å². The number of rotatable bonds is 2. The first-order valence-electron chi connectivity index (χ1n) is 6.72. The quantitative estimate of drug-likeness (QED) is 0.866. The van der Waals surface area contributed by atoms with E-state index in [1.54, 1.807) is 18.5 Å². The predicted octanol–water partition coefficient (Wildman–Crippen LogP) is 2.82. The number of aliphatic hydroxyl groups excluding tert-OH is 1. The van der Waals surface area contributed by atoms with Gasteiger partial charge in [0.1, 0.15) is 0 Å². The molecule has 0 saturated carbocycles. The Hall–Kier alpha value is -1.87. The number of aliphatic hydroxyl groups is 1. The van der Waals surface area contributed by atoms with E-state index in [0.29, 0.717) is 5.69 Å². The number of hydrogen-bond acceptors (Lipinski definition) is 3. The Morgan fingerprint density at radius 1 is 1.26 bits per heavy atom. The van der Waals surface area contributed by atoms with Crippen molar-refractivity contribution in [1.82, 2.24) is 4.98 Å². The van der Waals surface area contributed by atoms with Gasteiger partial charge in [-0.05, 0) is 36.5 Å². The van der Waals surface area contributed by atoms with Crippen LogP contribution in [0.1, 0.15) is 41.6 Å². The lowest BCUT2D eigenvalue weighted by Gasteiger charge is -2.30. The molecule has 0 amide bonds. The SMILES string of the molecule is Nc1ccncc1C(O)C1CCCc2ccccc21. The van der Waals surface area contributed by atoms with Gasteiger partial charge in [0.15, 0.2) is 0 Å². The van der Waals surface area contributed by atoms with Crippen molar-refractivity contribution < 1.29 is 5.11 Å². The number of aromatic nitrogens is 1. The third-order valence-corrected chi connectivity index (χ3v) is 4.00. The number of anilines is 1. The third-order valence-electron chi connectivity index (χ3n) is 4.00. The Bertz CT molecular complexity index is 582. The van der Waals surface area contributed by atoms with E-state index in [9.17, 15) is 5.11 Å². The Balaban J connectivity index is 1.98. The fourth-order valence-corrected chi connectivity index (χ4v) is 3.00. The second-order valence-corrected chi connectivity index (χ2v) is 5.15. The maximum Gasteiger partial charge on any atom is 0.0893 e. The maximum atomic E-state index is 10.7. The number of nitrogens with zero attached hydrogens (tertiary/aromatic N) is 1. The lowest BCUT2D eigenvalue weighted by atomic mass is 9.78. The van der Waals surface area contributed by atoms with Crippen LogP contribution in [0.3, 0.4) is 0 Å². The molecule has 0 spiro atoms. The molecule has 2 atom stereocenters. The maximum absolute atomic E-state index is 10.7. The number of aryl methyl sites for hydroxylation is 1. The average Bonchev–Trinajstić information content (AvgIpc) is 2.46. The highest BCUT2D eigenvalue weighted by molar-refractivity contribution is 5.47. The van der Waals surface area contributed by atoms with Crippen LogP contribution >= 0.6 is 0 Å². The Labute approximate surface area is 113 Å². The lowest BCUT2D eigenvalue weighted by molar-refractivity contribution is 0.136. The van der Waals surface area contributed by atoms with E-state index in [1.165, 1.54) is 11.1 Å². The van der Waals surface area contributed by atoms with Crippen LogP contribution in [0.2, 0.25) is 0 Å². The van der Waals surface area contributed by atoms with E-state index in [2.05, 4.69) is 23.2 Å². The fourth-order valence-electron chi connectivity index (χ4n) is 3.00. The number of nitrogens with two attached hydrogens (primary N) is 1. The molecule has 2 unspecified atom stereocenters. The number of hydrogen-bond donors (Lipinski definition) is 2. The van der Waals surface area contributed by atoms with Crippen molar-refractivity contribution in [1.29, 1.82) is 0 Å². The van der Waals surface area contributed by atoms with Gasteiger partial charge in [-0.15, -0.1) is 0 Å². The zero-order chi connectivity index (χ0) is 13.2. The summed E-state index contributed by atoms with van der Waals surface area (Å²) >= 11 is 0. The Morgan fingerprint density at radius 2 is 2.11 bits per heavy atom. The molecule has 1 heterocycles. The van der Waals surface area contributed by atoms with Gasteiger partial charge < -0.3 is 10.8 Å². The Kier molecular flexibility index (Phi) is 3.22. The predicted molar refractivity (Wildman–Crippen MR) is 75.7 cm³/mol. The molecule has 3 heteroatoms. The molecule has 1 aromatic heterocycles. The minimum Gasteiger partial charge on any atom is -0.398 e. The van der Waals surface area contributed by atoms with Crippen LogP contribution in [0.25, 0.3) is 0 Å². The molecule has 3 N–H and O–H groups in total. The molecule has 0 radical (unpaired) electrons. The van der Waals surface area contributed by atoms with Crippen molar-refractivity contribution in [2.45, 2.75) is 31.3 Å². The van der Waals surface area contributed by atoms with Gasteiger partial charge in [0.05, 0.1) is 6.10 Å². The molecule has 0 saturated heterocycles. The average molecular weight is 254 g/mol. The van der Waals surface area contributed by atoms with Crippen LogP contribution in [-0.2, 0) is 6.42 Å². The number of nitrogen functional groups attached to an aromatic ring is 1. The second kappa shape index (κ2) is 5.02. The molecular weight excluding hydrogens is 236 g/mol. The van der Waals surface area contributed by atoms with Gasteiger partial charge in [0, 0.05) is 29.6 Å². The van der Waals surface area contributed by atoms with Gasteiger partial charge >= 0.3 is 0 Å². The van der Waals surface area contributed by atoms with E-state index in [-0.39, 0.29) is 5.92 Å². The third kappa shape index (κ3) is 2.22. The number of pyridine rings is 1. The zero-order valence-electron chi connectivity index (χ0n) is 10.8. The van der Waals surface area contributed by atoms with Gasteiger partial charge in [-0.25, -0.2) is 0 Å². The summed E-state index contributed by atoms with van der Waals surface area (Å²) < 4.78 is 0. The van der Waals surface area contributed by atoms with Gasteiger partial charge in [-0.1, -0.05) is 24.3 Å². The normalized spacial score (nSPS) is 19.7. The molecule has 98 valence electrons. The van der Waals surface area contributed by atoms with Crippen molar-refractivity contribution in [2.24, 2.45) is 0 Å². The number of benzene rings is 1. The molecule has 0 bridgehead atoms. The van der Waals surface area contributed by atoms with Gasteiger partial charge in [0.25, 0.3) is 0 Å². The van der Waals surface area contributed by atoms with Crippen LogP contribution in [-0.4, -0.2) is 10.1 Å². The second-order valence-electron chi connectivity index (χ2n) is 5.15. The molecule has 0 fully saturated rings. The molecule has 19 heavy (non-hydrogen) atoms. The minimum atomic E-state index is -0.574. The van der Waals surface area contributed by atoms with Gasteiger partial charge in [-0.2, -0.15) is 0 Å². The first-order valence-corrected chi connectivity index (χ1v) is 6.72. The summed E-state index contributed by atoms with van der Waals surface area (Å²) in [5.74, 6) is 0.122. The molecule has 3 nitrogen and oxygen atoms in total. The summed E-state index contributed by atoms with van der Waals surface area (Å²) in [6.07, 6.45) is 5.96. The molecule has 3 rings (SSSR count). The molecular formula is C16H18N2O. The zero-order valence-corrected chi connectivity index (χ0v) is 10.8. The minimum absolute atomic E-state index is 0.122. The van der Waals surface area contributed by atoms with Crippen molar-refractivity contribution in [2.75, 3.05) is 5.73 Å². The van der Waals surface area contributed by atoms with Crippen LogP contribution in [0, 0.1) is 0 Å². The summed E-state index contributed by atoms with van der Waals surface area (Å²) in [5, 5.41) is 10.7. The highest BCUT2D eigenvalue weighted by Gasteiger charge is 2.28. The van der Waals surface area contributed by atoms with Crippen molar-refractivity contribution in [3.05, 3.63) is 59.4 Å². The van der Waals surface area contributed by atoms with Crippen LogP contribution in [0.4, 0.5) is 5.69 Å². The fraction of sp³-hybridized carbons (Fsp3) is 0.312. The summed E-state index contributed by atoms with van der Waals surface area (Å²) in [7, 11) is 0. The molecule has 1 aliphatic rings. The first-order chi connectivity index (χ1) is 9.27. The molecule has 1 aliphatic carbocycles. The monoisotopic (exact) mass is 254 g/mol. The summed E-state index contributed by atoms with van der Waals surface area (Å²) in [5.41, 5.74) is 9.91.